The van der Waals surface area contributed by atoms with Crippen molar-refractivity contribution < 1.29 is 19.3 Å². The van der Waals surface area contributed by atoms with Crippen molar-refractivity contribution in [2.75, 3.05) is 12.8 Å². The quantitative estimate of drug-likeness (QED) is 0.420. The van der Waals surface area contributed by atoms with Gasteiger partial charge in [-0.15, -0.1) is 5.10 Å². The molecule has 0 aliphatic rings. The first-order valence-electron chi connectivity index (χ1n) is 7.22. The van der Waals surface area contributed by atoms with E-state index in [0.717, 1.165) is 4.68 Å². The molecule has 0 aliphatic carbocycles. The number of aromatic hydroxyl groups is 1. The molecule has 0 saturated heterocycles. The third-order valence-electron chi connectivity index (χ3n) is 3.33. The maximum atomic E-state index is 12.4. The summed E-state index contributed by atoms with van der Waals surface area (Å²) in [6.45, 7) is 1.59. The number of anilines is 1. The van der Waals surface area contributed by atoms with E-state index < -0.39 is 5.91 Å². The maximum absolute atomic E-state index is 12.4. The fourth-order valence-corrected chi connectivity index (χ4v) is 2.10. The minimum absolute atomic E-state index is 0.00176. The molecule has 0 bridgehead atoms. The Labute approximate surface area is 146 Å². The highest BCUT2D eigenvalue weighted by atomic mass is 16.6. The number of aromatic nitrogens is 5. The van der Waals surface area contributed by atoms with Crippen LogP contribution in [-0.2, 0) is 0 Å². The second-order valence-electron chi connectivity index (χ2n) is 5.04. The maximum Gasteiger partial charge on any atom is 0.292 e. The van der Waals surface area contributed by atoms with Crippen molar-refractivity contribution in [2.45, 2.75) is 6.92 Å². The second kappa shape index (κ2) is 6.88. The van der Waals surface area contributed by atoms with Gasteiger partial charge in [-0.25, -0.2) is 10.1 Å². The number of carbonyl (C=O) groups excluding carboxylic acids is 1. The van der Waals surface area contributed by atoms with E-state index in [1.807, 2.05) is 0 Å². The van der Waals surface area contributed by atoms with Gasteiger partial charge in [-0.3, -0.25) is 4.79 Å². The molecule has 0 saturated carbocycles. The van der Waals surface area contributed by atoms with E-state index in [4.69, 9.17) is 10.5 Å². The number of aryl methyl sites for hydroxylation is 1. The first kappa shape index (κ1) is 16.9. The molecule has 26 heavy (non-hydrogen) atoms. The molecule has 12 heteroatoms. The average Bonchev–Trinajstić information content (AvgIpc) is 3.21. The van der Waals surface area contributed by atoms with E-state index in [-0.39, 0.29) is 28.8 Å². The van der Waals surface area contributed by atoms with Crippen molar-refractivity contribution in [1.82, 2.24) is 30.7 Å². The van der Waals surface area contributed by atoms with Gasteiger partial charge in [0.05, 0.1) is 19.0 Å². The first-order chi connectivity index (χ1) is 12.5. The van der Waals surface area contributed by atoms with Gasteiger partial charge in [-0.1, -0.05) is 5.21 Å². The van der Waals surface area contributed by atoms with E-state index in [0.29, 0.717) is 11.3 Å². The molecule has 3 rings (SSSR count). The summed E-state index contributed by atoms with van der Waals surface area (Å²) < 4.78 is 10.6. The molecule has 2 heterocycles. The van der Waals surface area contributed by atoms with Gasteiger partial charge in [0, 0.05) is 0 Å². The molecule has 12 nitrogen and oxygen atoms in total. The van der Waals surface area contributed by atoms with Crippen molar-refractivity contribution >= 4 is 17.9 Å². The highest BCUT2D eigenvalue weighted by Gasteiger charge is 2.22. The second-order valence-corrected chi connectivity index (χ2v) is 5.04. The molecule has 0 radical (unpaired) electrons. The van der Waals surface area contributed by atoms with Crippen molar-refractivity contribution in [2.24, 2.45) is 5.10 Å². The summed E-state index contributed by atoms with van der Waals surface area (Å²) in [5.74, 6) is -0.297. The summed E-state index contributed by atoms with van der Waals surface area (Å²) in [6, 6.07) is 4.61. The van der Waals surface area contributed by atoms with Gasteiger partial charge in [-0.2, -0.15) is 9.78 Å². The molecule has 0 fully saturated rings. The zero-order valence-corrected chi connectivity index (χ0v) is 13.7. The van der Waals surface area contributed by atoms with Crippen LogP contribution in [0, 0.1) is 6.92 Å². The Bertz CT molecular complexity index is 977. The number of ether oxygens (including phenoxy) is 1. The zero-order chi connectivity index (χ0) is 18.7. The molecule has 3 aromatic rings. The number of carbonyl (C=O) groups is 1. The number of hydrazone groups is 1. The van der Waals surface area contributed by atoms with Crippen LogP contribution in [0.15, 0.2) is 27.9 Å². The summed E-state index contributed by atoms with van der Waals surface area (Å²) >= 11 is 0. The lowest BCUT2D eigenvalue weighted by molar-refractivity contribution is 0.0946. The van der Waals surface area contributed by atoms with Crippen LogP contribution < -0.4 is 15.9 Å². The molecule has 1 amide bonds. The Balaban J connectivity index is 1.79. The van der Waals surface area contributed by atoms with Crippen LogP contribution in [0.5, 0.6) is 11.5 Å². The standard InChI is InChI=1S/C14H14N8O4/c1-7-11(22(21-17-7)13-12(15)19-26-20-13)14(24)18-16-6-8-3-4-9(23)10(5-8)25-2/h3-6,23H,1-2H3,(H2,15,19)(H,18,24). The third kappa shape index (κ3) is 3.15. The van der Waals surface area contributed by atoms with Crippen LogP contribution in [0.4, 0.5) is 5.82 Å². The summed E-state index contributed by atoms with van der Waals surface area (Å²) in [4.78, 5) is 12.4. The van der Waals surface area contributed by atoms with Gasteiger partial charge in [0.2, 0.25) is 11.6 Å². The number of methoxy groups -OCH3 is 1. The lowest BCUT2D eigenvalue weighted by Crippen LogP contribution is -2.22. The van der Waals surface area contributed by atoms with Crippen LogP contribution in [0.2, 0.25) is 0 Å². The summed E-state index contributed by atoms with van der Waals surface area (Å²) in [6.07, 6.45) is 1.38. The third-order valence-corrected chi connectivity index (χ3v) is 3.33. The lowest BCUT2D eigenvalue weighted by Gasteiger charge is -2.04. The number of rotatable bonds is 5. The normalized spacial score (nSPS) is 11.0. The highest BCUT2D eigenvalue weighted by molar-refractivity contribution is 5.94. The molecular formula is C14H14N8O4. The minimum atomic E-state index is -0.586. The summed E-state index contributed by atoms with van der Waals surface area (Å²) in [5.41, 5.74) is 8.99. The predicted molar refractivity (Wildman–Crippen MR) is 88.1 cm³/mol. The van der Waals surface area contributed by atoms with E-state index in [9.17, 15) is 9.90 Å². The van der Waals surface area contributed by atoms with Crippen molar-refractivity contribution in [3.8, 4) is 17.3 Å². The van der Waals surface area contributed by atoms with Gasteiger partial charge in [0.25, 0.3) is 5.91 Å². The fraction of sp³-hybridized carbons (Fsp3) is 0.143. The van der Waals surface area contributed by atoms with Gasteiger partial charge in [-0.05, 0) is 41.0 Å². The van der Waals surface area contributed by atoms with Crippen LogP contribution in [0.25, 0.3) is 5.82 Å². The molecule has 0 spiro atoms. The van der Waals surface area contributed by atoms with Crippen molar-refractivity contribution in [3.05, 3.63) is 35.2 Å². The van der Waals surface area contributed by atoms with Crippen LogP contribution >= 0.6 is 0 Å². The Morgan fingerprint density at radius 1 is 1.46 bits per heavy atom. The highest BCUT2D eigenvalue weighted by Crippen LogP contribution is 2.25. The number of phenolic OH excluding ortho intramolecular Hbond substituents is 1. The van der Waals surface area contributed by atoms with Crippen LogP contribution in [0.3, 0.4) is 0 Å². The number of nitrogen functional groups attached to an aromatic ring is 1. The number of nitrogens with two attached hydrogens (primary N) is 1. The molecule has 134 valence electrons. The first-order valence-corrected chi connectivity index (χ1v) is 7.22. The smallest absolute Gasteiger partial charge is 0.292 e. The number of hydrogen-bond donors (Lipinski definition) is 3. The van der Waals surface area contributed by atoms with Crippen molar-refractivity contribution in [3.63, 3.8) is 0 Å². The largest absolute Gasteiger partial charge is 0.504 e. The van der Waals surface area contributed by atoms with Gasteiger partial charge < -0.3 is 15.6 Å². The van der Waals surface area contributed by atoms with Crippen LogP contribution in [-0.4, -0.2) is 49.6 Å². The van der Waals surface area contributed by atoms with Crippen molar-refractivity contribution in [1.29, 1.82) is 0 Å². The molecular weight excluding hydrogens is 344 g/mol. The average molecular weight is 358 g/mol. The zero-order valence-electron chi connectivity index (χ0n) is 13.7. The number of amides is 1. The van der Waals surface area contributed by atoms with Gasteiger partial charge in [0.15, 0.2) is 17.2 Å². The molecule has 1 aromatic carbocycles. The van der Waals surface area contributed by atoms with E-state index >= 15 is 0 Å². The van der Waals surface area contributed by atoms with Gasteiger partial charge in [0.1, 0.15) is 0 Å². The number of nitrogens with zero attached hydrogens (tertiary/aromatic N) is 6. The lowest BCUT2D eigenvalue weighted by atomic mass is 10.2. The van der Waals surface area contributed by atoms with E-state index in [1.54, 1.807) is 19.1 Å². The monoisotopic (exact) mass is 358 g/mol. The van der Waals surface area contributed by atoms with Crippen LogP contribution in [0.1, 0.15) is 21.7 Å². The Kier molecular flexibility index (Phi) is 4.47. The Morgan fingerprint density at radius 2 is 2.27 bits per heavy atom. The molecule has 4 N–H and O–H groups in total. The number of benzene rings is 1. The number of nitrogens with one attached hydrogen (secondary N) is 1. The molecule has 0 aliphatic heterocycles. The van der Waals surface area contributed by atoms with Gasteiger partial charge >= 0.3 is 0 Å². The Hall–Kier alpha value is -3.96. The van der Waals surface area contributed by atoms with E-state index in [1.165, 1.54) is 19.4 Å². The molecule has 2 aromatic heterocycles. The summed E-state index contributed by atoms with van der Waals surface area (Å²) in [7, 11) is 1.43. The number of phenols is 1. The number of hydrogen-bond acceptors (Lipinski definition) is 10. The molecule has 0 atom stereocenters. The topological polar surface area (TPSA) is 167 Å². The SMILES string of the molecule is COc1cc(C=NNC(=O)c2c(C)nnn2-c2nonc2N)ccc1O. The predicted octanol–water partition coefficient (Wildman–Crippen LogP) is 0.0190. The Morgan fingerprint density at radius 3 is 2.96 bits per heavy atom. The molecule has 0 unspecified atom stereocenters. The fourth-order valence-electron chi connectivity index (χ4n) is 2.10. The van der Waals surface area contributed by atoms with E-state index in [2.05, 4.69) is 35.8 Å². The summed E-state index contributed by atoms with van der Waals surface area (Å²) in [5, 5.41) is 28.1. The minimum Gasteiger partial charge on any atom is -0.504 e.